The van der Waals surface area contributed by atoms with Crippen LogP contribution in [-0.4, -0.2) is 13.2 Å². The van der Waals surface area contributed by atoms with Gasteiger partial charge in [0.25, 0.3) is 0 Å². The molecule has 0 rings (SSSR count). The van der Waals surface area contributed by atoms with Crippen LogP contribution in [-0.2, 0) is 4.74 Å². The van der Waals surface area contributed by atoms with Crippen LogP contribution in [0.15, 0.2) is 12.7 Å². The highest BCUT2D eigenvalue weighted by molar-refractivity contribution is 4.69. The first-order valence-electron chi connectivity index (χ1n) is 2.45. The van der Waals surface area contributed by atoms with E-state index in [2.05, 4.69) is 6.58 Å². The van der Waals surface area contributed by atoms with Gasteiger partial charge in [0, 0.05) is 7.11 Å². The Labute approximate surface area is 52.4 Å². The fourth-order valence-corrected chi connectivity index (χ4v) is 0.331. The van der Waals surface area contributed by atoms with Crippen molar-refractivity contribution in [3.63, 3.8) is 0 Å². The molecule has 0 amide bonds. The molecule has 0 aromatic heterocycles. The third-order valence-corrected chi connectivity index (χ3v) is 0.901. The molecule has 1 heteroatoms. The Morgan fingerprint density at radius 3 is 2.38 bits per heavy atom. The standard InChI is InChI=1S/C6H12O.CH4/c1-4-5-6(2)7-3;/h4,6H,1,5H2,2-3H3;1H4. The van der Waals surface area contributed by atoms with E-state index >= 15 is 0 Å². The highest BCUT2D eigenvalue weighted by atomic mass is 16.5. The molecular formula is C7H16O. The second kappa shape index (κ2) is 6.70. The summed E-state index contributed by atoms with van der Waals surface area (Å²) in [4.78, 5) is 0. The average molecular weight is 116 g/mol. The van der Waals surface area contributed by atoms with Gasteiger partial charge in [0.2, 0.25) is 0 Å². The molecule has 0 aliphatic rings. The van der Waals surface area contributed by atoms with Crippen LogP contribution in [0.1, 0.15) is 20.8 Å². The Hall–Kier alpha value is -0.300. The summed E-state index contributed by atoms with van der Waals surface area (Å²) < 4.78 is 4.92. The number of methoxy groups -OCH3 is 1. The topological polar surface area (TPSA) is 9.23 Å². The molecule has 1 atom stereocenters. The summed E-state index contributed by atoms with van der Waals surface area (Å²) in [5, 5.41) is 0. The molecule has 0 heterocycles. The Morgan fingerprint density at radius 1 is 1.75 bits per heavy atom. The largest absolute Gasteiger partial charge is 0.381 e. The first kappa shape index (κ1) is 10.6. The molecular weight excluding hydrogens is 100 g/mol. The van der Waals surface area contributed by atoms with Gasteiger partial charge in [0.05, 0.1) is 6.10 Å². The Bertz CT molecular complexity index is 50.3. The number of ether oxygens (including phenoxy) is 1. The minimum atomic E-state index is 0. The van der Waals surface area contributed by atoms with E-state index in [-0.39, 0.29) is 7.43 Å². The first-order chi connectivity index (χ1) is 3.31. The number of rotatable bonds is 3. The Balaban J connectivity index is 0. The molecule has 8 heavy (non-hydrogen) atoms. The summed E-state index contributed by atoms with van der Waals surface area (Å²) in [6.07, 6.45) is 3.13. The molecule has 0 aromatic rings. The second-order valence-electron chi connectivity index (χ2n) is 1.57. The maximum Gasteiger partial charge on any atom is 0.0577 e. The van der Waals surface area contributed by atoms with Crippen molar-refractivity contribution >= 4 is 0 Å². The molecule has 0 spiro atoms. The van der Waals surface area contributed by atoms with Crippen molar-refractivity contribution in [1.29, 1.82) is 0 Å². The summed E-state index contributed by atoms with van der Waals surface area (Å²) in [6, 6.07) is 0. The summed E-state index contributed by atoms with van der Waals surface area (Å²) in [5.74, 6) is 0. The number of hydrogen-bond acceptors (Lipinski definition) is 1. The fourth-order valence-electron chi connectivity index (χ4n) is 0.331. The molecule has 0 aromatic carbocycles. The van der Waals surface area contributed by atoms with Crippen molar-refractivity contribution in [3.8, 4) is 0 Å². The summed E-state index contributed by atoms with van der Waals surface area (Å²) in [5.41, 5.74) is 0. The smallest absolute Gasteiger partial charge is 0.0577 e. The molecule has 50 valence electrons. The lowest BCUT2D eigenvalue weighted by molar-refractivity contribution is 0.121. The number of hydrogen-bond donors (Lipinski definition) is 0. The highest BCUT2D eigenvalue weighted by Gasteiger charge is 1.90. The van der Waals surface area contributed by atoms with Crippen LogP contribution in [0.5, 0.6) is 0 Å². The third-order valence-electron chi connectivity index (χ3n) is 0.901. The summed E-state index contributed by atoms with van der Waals surface area (Å²) in [7, 11) is 1.70. The van der Waals surface area contributed by atoms with E-state index in [1.54, 1.807) is 7.11 Å². The monoisotopic (exact) mass is 116 g/mol. The van der Waals surface area contributed by atoms with Gasteiger partial charge in [-0.25, -0.2) is 0 Å². The van der Waals surface area contributed by atoms with Gasteiger partial charge in [-0.1, -0.05) is 13.5 Å². The van der Waals surface area contributed by atoms with Crippen molar-refractivity contribution in [2.75, 3.05) is 7.11 Å². The molecule has 0 aliphatic carbocycles. The Morgan fingerprint density at radius 2 is 2.25 bits per heavy atom. The SMILES string of the molecule is C.C=CCC(C)OC. The highest BCUT2D eigenvalue weighted by Crippen LogP contribution is 1.92. The maximum absolute atomic E-state index is 4.92. The predicted octanol–water partition coefficient (Wildman–Crippen LogP) is 2.23. The molecule has 0 aliphatic heterocycles. The first-order valence-corrected chi connectivity index (χ1v) is 2.45. The van der Waals surface area contributed by atoms with Crippen molar-refractivity contribution in [1.82, 2.24) is 0 Å². The quantitative estimate of drug-likeness (QED) is 0.514. The zero-order valence-corrected chi connectivity index (χ0v) is 4.98. The van der Waals surface area contributed by atoms with E-state index < -0.39 is 0 Å². The third kappa shape index (κ3) is 5.70. The van der Waals surface area contributed by atoms with Crippen LogP contribution in [0.2, 0.25) is 0 Å². The minimum Gasteiger partial charge on any atom is -0.381 e. The van der Waals surface area contributed by atoms with Crippen LogP contribution < -0.4 is 0 Å². The zero-order valence-electron chi connectivity index (χ0n) is 4.98. The molecule has 1 nitrogen and oxygen atoms in total. The molecule has 0 fully saturated rings. The van der Waals surface area contributed by atoms with Crippen molar-refractivity contribution in [2.24, 2.45) is 0 Å². The van der Waals surface area contributed by atoms with Gasteiger partial charge in [-0.15, -0.1) is 6.58 Å². The van der Waals surface area contributed by atoms with Gasteiger partial charge >= 0.3 is 0 Å². The molecule has 0 bridgehead atoms. The van der Waals surface area contributed by atoms with E-state index in [9.17, 15) is 0 Å². The lowest BCUT2D eigenvalue weighted by Crippen LogP contribution is -2.01. The van der Waals surface area contributed by atoms with Crippen molar-refractivity contribution < 1.29 is 4.74 Å². The van der Waals surface area contributed by atoms with Gasteiger partial charge in [0.15, 0.2) is 0 Å². The average Bonchev–Trinajstić information content (AvgIpc) is 1.68. The molecule has 0 saturated heterocycles. The maximum atomic E-state index is 4.92. The van der Waals surface area contributed by atoms with E-state index in [0.29, 0.717) is 6.10 Å². The van der Waals surface area contributed by atoms with Gasteiger partial charge in [-0.05, 0) is 13.3 Å². The van der Waals surface area contributed by atoms with Gasteiger partial charge in [0.1, 0.15) is 0 Å². The normalized spacial score (nSPS) is 11.8. The second-order valence-corrected chi connectivity index (χ2v) is 1.57. The fraction of sp³-hybridized carbons (Fsp3) is 0.714. The van der Waals surface area contributed by atoms with Gasteiger partial charge < -0.3 is 4.74 Å². The Kier molecular flexibility index (Phi) is 8.91. The van der Waals surface area contributed by atoms with Crippen LogP contribution in [0.4, 0.5) is 0 Å². The molecule has 1 unspecified atom stereocenters. The van der Waals surface area contributed by atoms with Crippen molar-refractivity contribution in [3.05, 3.63) is 12.7 Å². The predicted molar refractivity (Wildman–Crippen MR) is 38.0 cm³/mol. The van der Waals surface area contributed by atoms with E-state index in [1.165, 1.54) is 0 Å². The van der Waals surface area contributed by atoms with Crippen LogP contribution >= 0.6 is 0 Å². The van der Waals surface area contributed by atoms with Crippen molar-refractivity contribution in [2.45, 2.75) is 26.9 Å². The minimum absolute atomic E-state index is 0. The summed E-state index contributed by atoms with van der Waals surface area (Å²) >= 11 is 0. The van der Waals surface area contributed by atoms with E-state index in [0.717, 1.165) is 6.42 Å². The lowest BCUT2D eigenvalue weighted by atomic mass is 10.3. The molecule has 0 radical (unpaired) electrons. The van der Waals surface area contributed by atoms with Gasteiger partial charge in [-0.2, -0.15) is 0 Å². The van der Waals surface area contributed by atoms with Crippen LogP contribution in [0.3, 0.4) is 0 Å². The summed E-state index contributed by atoms with van der Waals surface area (Å²) in [6.45, 7) is 5.58. The van der Waals surface area contributed by atoms with Crippen LogP contribution in [0.25, 0.3) is 0 Å². The zero-order chi connectivity index (χ0) is 5.70. The van der Waals surface area contributed by atoms with Crippen LogP contribution in [0, 0.1) is 0 Å². The van der Waals surface area contributed by atoms with E-state index in [1.807, 2.05) is 13.0 Å². The lowest BCUT2D eigenvalue weighted by Gasteiger charge is -2.02. The van der Waals surface area contributed by atoms with Gasteiger partial charge in [-0.3, -0.25) is 0 Å². The molecule has 0 saturated carbocycles. The van der Waals surface area contributed by atoms with E-state index in [4.69, 9.17) is 4.74 Å². The molecule has 0 N–H and O–H groups in total.